The smallest absolute Gasteiger partial charge is 0.328 e. The lowest BCUT2D eigenvalue weighted by Crippen LogP contribution is -1.90. The molecular formula is C17H13N3O2S. The van der Waals surface area contributed by atoms with Crippen molar-refractivity contribution in [3.63, 3.8) is 0 Å². The summed E-state index contributed by atoms with van der Waals surface area (Å²) in [6.45, 7) is 0. The Kier molecular flexibility index (Phi) is 4.44. The number of anilines is 2. The fraction of sp³-hybridized carbons (Fsp3) is 0. The van der Waals surface area contributed by atoms with Gasteiger partial charge in [-0.3, -0.25) is 4.98 Å². The van der Waals surface area contributed by atoms with Crippen molar-refractivity contribution in [2.45, 2.75) is 0 Å². The van der Waals surface area contributed by atoms with Gasteiger partial charge in [-0.25, -0.2) is 9.78 Å². The molecular weight excluding hydrogens is 310 g/mol. The monoisotopic (exact) mass is 323 g/mol. The van der Waals surface area contributed by atoms with Gasteiger partial charge in [0.2, 0.25) is 0 Å². The Balaban J connectivity index is 1.70. The molecule has 0 aliphatic carbocycles. The summed E-state index contributed by atoms with van der Waals surface area (Å²) in [4.78, 5) is 19.1. The van der Waals surface area contributed by atoms with Crippen molar-refractivity contribution in [2.24, 2.45) is 0 Å². The van der Waals surface area contributed by atoms with Crippen LogP contribution in [0, 0.1) is 0 Å². The molecule has 0 aliphatic heterocycles. The lowest BCUT2D eigenvalue weighted by atomic mass is 10.2. The molecule has 0 saturated carbocycles. The quantitative estimate of drug-likeness (QED) is 0.693. The summed E-state index contributed by atoms with van der Waals surface area (Å²) in [5, 5.41) is 14.6. The molecule has 114 valence electrons. The van der Waals surface area contributed by atoms with E-state index in [-0.39, 0.29) is 0 Å². The molecule has 0 atom stereocenters. The Labute approximate surface area is 137 Å². The number of hydrogen-bond acceptors (Lipinski definition) is 5. The van der Waals surface area contributed by atoms with Crippen LogP contribution in [-0.2, 0) is 4.79 Å². The summed E-state index contributed by atoms with van der Waals surface area (Å²) in [6, 6.07) is 11.3. The van der Waals surface area contributed by atoms with E-state index in [4.69, 9.17) is 5.11 Å². The second kappa shape index (κ2) is 6.85. The van der Waals surface area contributed by atoms with E-state index in [1.165, 1.54) is 11.3 Å². The number of pyridine rings is 1. The zero-order chi connectivity index (χ0) is 16.1. The molecule has 2 heterocycles. The average Bonchev–Trinajstić information content (AvgIpc) is 3.03. The molecule has 3 aromatic rings. The van der Waals surface area contributed by atoms with Gasteiger partial charge in [0.1, 0.15) is 0 Å². The number of carbonyl (C=O) groups is 1. The van der Waals surface area contributed by atoms with E-state index in [2.05, 4.69) is 15.3 Å². The van der Waals surface area contributed by atoms with Crippen LogP contribution < -0.4 is 5.32 Å². The Morgan fingerprint density at radius 3 is 2.74 bits per heavy atom. The van der Waals surface area contributed by atoms with Crippen LogP contribution in [0.15, 0.2) is 60.2 Å². The van der Waals surface area contributed by atoms with Gasteiger partial charge in [-0.2, -0.15) is 0 Å². The number of aromatic nitrogens is 2. The van der Waals surface area contributed by atoms with Crippen molar-refractivity contribution < 1.29 is 9.90 Å². The third-order valence-corrected chi connectivity index (χ3v) is 3.80. The largest absolute Gasteiger partial charge is 0.478 e. The second-order valence-corrected chi connectivity index (χ2v) is 5.56. The molecule has 0 spiro atoms. The Hall–Kier alpha value is -2.99. The molecule has 0 bridgehead atoms. The van der Waals surface area contributed by atoms with E-state index in [9.17, 15) is 4.79 Å². The summed E-state index contributed by atoms with van der Waals surface area (Å²) in [5.74, 6) is -0.960. The molecule has 5 nitrogen and oxygen atoms in total. The number of carboxylic acids is 1. The number of hydrogen-bond donors (Lipinski definition) is 2. The highest BCUT2D eigenvalue weighted by atomic mass is 32.1. The van der Waals surface area contributed by atoms with Gasteiger partial charge in [0, 0.05) is 35.1 Å². The standard InChI is InChI=1S/C17H13N3O2S/c21-16(22)8-5-12-3-6-14(7-4-12)19-17-20-15(11-23-17)13-2-1-9-18-10-13/h1-11H,(H,19,20)(H,21,22). The Morgan fingerprint density at radius 1 is 1.22 bits per heavy atom. The van der Waals surface area contributed by atoms with Crippen LogP contribution in [0.2, 0.25) is 0 Å². The normalized spacial score (nSPS) is 10.8. The van der Waals surface area contributed by atoms with Gasteiger partial charge < -0.3 is 10.4 Å². The van der Waals surface area contributed by atoms with Crippen LogP contribution in [0.3, 0.4) is 0 Å². The Morgan fingerprint density at radius 2 is 2.04 bits per heavy atom. The van der Waals surface area contributed by atoms with Gasteiger partial charge in [0.05, 0.1) is 5.69 Å². The van der Waals surface area contributed by atoms with Crippen molar-refractivity contribution in [3.8, 4) is 11.3 Å². The molecule has 0 saturated heterocycles. The molecule has 2 aromatic heterocycles. The van der Waals surface area contributed by atoms with Crippen molar-refractivity contribution in [1.82, 2.24) is 9.97 Å². The molecule has 0 fully saturated rings. The van der Waals surface area contributed by atoms with Gasteiger partial charge in [-0.1, -0.05) is 12.1 Å². The maximum Gasteiger partial charge on any atom is 0.328 e. The zero-order valence-electron chi connectivity index (χ0n) is 12.0. The highest BCUT2D eigenvalue weighted by molar-refractivity contribution is 7.14. The third kappa shape index (κ3) is 4.02. The number of nitrogens with zero attached hydrogens (tertiary/aromatic N) is 2. The van der Waals surface area contributed by atoms with E-state index < -0.39 is 5.97 Å². The van der Waals surface area contributed by atoms with Crippen molar-refractivity contribution in [3.05, 3.63) is 65.8 Å². The van der Waals surface area contributed by atoms with Crippen LogP contribution in [0.1, 0.15) is 5.56 Å². The topological polar surface area (TPSA) is 75.1 Å². The van der Waals surface area contributed by atoms with Crippen LogP contribution in [0.4, 0.5) is 10.8 Å². The number of carboxylic acid groups (broad SMARTS) is 1. The summed E-state index contributed by atoms with van der Waals surface area (Å²) in [5.41, 5.74) is 3.58. The lowest BCUT2D eigenvalue weighted by Gasteiger charge is -2.02. The molecule has 3 rings (SSSR count). The fourth-order valence-electron chi connectivity index (χ4n) is 1.95. The van der Waals surface area contributed by atoms with Crippen molar-refractivity contribution in [2.75, 3.05) is 5.32 Å². The predicted octanol–water partition coefficient (Wildman–Crippen LogP) is 4.05. The summed E-state index contributed by atoms with van der Waals surface area (Å²) < 4.78 is 0. The van der Waals surface area contributed by atoms with Gasteiger partial charge in [0.25, 0.3) is 0 Å². The second-order valence-electron chi connectivity index (χ2n) is 4.70. The molecule has 23 heavy (non-hydrogen) atoms. The van der Waals surface area contributed by atoms with Crippen LogP contribution in [0.25, 0.3) is 17.3 Å². The number of benzene rings is 1. The summed E-state index contributed by atoms with van der Waals surface area (Å²) >= 11 is 1.52. The van der Waals surface area contributed by atoms with Crippen LogP contribution >= 0.6 is 11.3 Å². The molecule has 0 unspecified atom stereocenters. The molecule has 6 heteroatoms. The molecule has 0 amide bonds. The fourth-order valence-corrected chi connectivity index (χ4v) is 2.69. The average molecular weight is 323 g/mol. The minimum absolute atomic E-state index is 0.790. The maximum atomic E-state index is 10.5. The highest BCUT2D eigenvalue weighted by Crippen LogP contribution is 2.26. The maximum absolute atomic E-state index is 10.5. The van der Waals surface area contributed by atoms with E-state index in [1.54, 1.807) is 18.5 Å². The first-order valence-electron chi connectivity index (χ1n) is 6.85. The first-order valence-corrected chi connectivity index (χ1v) is 7.73. The van der Waals surface area contributed by atoms with E-state index in [0.717, 1.165) is 33.7 Å². The summed E-state index contributed by atoms with van der Waals surface area (Å²) in [7, 11) is 0. The van der Waals surface area contributed by atoms with Crippen LogP contribution in [0.5, 0.6) is 0 Å². The minimum Gasteiger partial charge on any atom is -0.478 e. The number of nitrogens with one attached hydrogen (secondary N) is 1. The lowest BCUT2D eigenvalue weighted by molar-refractivity contribution is -0.131. The predicted molar refractivity (Wildman–Crippen MR) is 91.7 cm³/mol. The van der Waals surface area contributed by atoms with E-state index in [1.807, 2.05) is 41.8 Å². The first kappa shape index (κ1) is 14.9. The Bertz CT molecular complexity index is 827. The molecule has 0 radical (unpaired) electrons. The number of thiazole rings is 1. The number of rotatable bonds is 5. The third-order valence-electron chi connectivity index (χ3n) is 3.04. The molecule has 0 aliphatic rings. The van der Waals surface area contributed by atoms with Gasteiger partial charge in [0.15, 0.2) is 5.13 Å². The number of aliphatic carboxylic acids is 1. The first-order chi connectivity index (χ1) is 11.2. The molecule has 2 N–H and O–H groups in total. The molecule has 1 aromatic carbocycles. The van der Waals surface area contributed by atoms with Gasteiger partial charge in [-0.05, 0) is 35.9 Å². The zero-order valence-corrected chi connectivity index (χ0v) is 12.8. The van der Waals surface area contributed by atoms with Crippen LogP contribution in [-0.4, -0.2) is 21.0 Å². The van der Waals surface area contributed by atoms with Gasteiger partial charge in [-0.15, -0.1) is 11.3 Å². The van der Waals surface area contributed by atoms with Crippen molar-refractivity contribution in [1.29, 1.82) is 0 Å². The van der Waals surface area contributed by atoms with Crippen molar-refractivity contribution >= 4 is 34.2 Å². The summed E-state index contributed by atoms with van der Waals surface area (Å²) in [6.07, 6.45) is 6.18. The van der Waals surface area contributed by atoms with Gasteiger partial charge >= 0.3 is 5.97 Å². The van der Waals surface area contributed by atoms with E-state index >= 15 is 0 Å². The minimum atomic E-state index is -0.960. The van der Waals surface area contributed by atoms with E-state index in [0.29, 0.717) is 0 Å². The SMILES string of the molecule is O=C(O)C=Cc1ccc(Nc2nc(-c3cccnc3)cs2)cc1. The highest BCUT2D eigenvalue weighted by Gasteiger charge is 2.04.